The van der Waals surface area contributed by atoms with E-state index in [1.807, 2.05) is 19.9 Å². The summed E-state index contributed by atoms with van der Waals surface area (Å²) in [5.41, 5.74) is 3.96. The fourth-order valence-corrected chi connectivity index (χ4v) is 4.04. The predicted molar refractivity (Wildman–Crippen MR) is 102 cm³/mol. The molecule has 0 bridgehead atoms. The number of hydrogen-bond donors (Lipinski definition) is 1. The maximum Gasteiger partial charge on any atom is 0.387 e. The Labute approximate surface area is 160 Å². The second kappa shape index (κ2) is 7.72. The minimum atomic E-state index is -2.87. The molecule has 27 heavy (non-hydrogen) atoms. The number of ether oxygens (including phenoxy) is 1. The molecule has 2 aromatic heterocycles. The quantitative estimate of drug-likeness (QED) is 0.446. The van der Waals surface area contributed by atoms with Crippen LogP contribution in [-0.4, -0.2) is 32.7 Å². The number of benzene rings is 1. The number of aromatic amines is 1. The Hall–Kier alpha value is -2.35. The van der Waals surface area contributed by atoms with E-state index in [0.29, 0.717) is 22.2 Å². The molecule has 2 heterocycles. The Bertz CT molecular complexity index is 979. The van der Waals surface area contributed by atoms with Gasteiger partial charge in [0.2, 0.25) is 0 Å². The van der Waals surface area contributed by atoms with Crippen LogP contribution in [0.15, 0.2) is 29.4 Å². The maximum atomic E-state index is 12.6. The number of aryl methyl sites for hydroxylation is 1. The second-order valence-electron chi connectivity index (χ2n) is 6.56. The molecule has 0 fully saturated rings. The fraction of sp³-hybridized carbons (Fsp3) is 0.368. The molecule has 0 unspecified atom stereocenters. The van der Waals surface area contributed by atoms with Crippen molar-refractivity contribution in [3.8, 4) is 5.75 Å². The topological polar surface area (TPSA) is 59.9 Å². The van der Waals surface area contributed by atoms with Gasteiger partial charge in [-0.05, 0) is 45.9 Å². The molecule has 144 valence electrons. The molecule has 0 radical (unpaired) electrons. The van der Waals surface area contributed by atoms with Crippen molar-refractivity contribution in [1.82, 2.24) is 14.5 Å². The Balaban J connectivity index is 1.73. The molecule has 0 aliphatic heterocycles. The number of rotatable bonds is 7. The first-order valence-electron chi connectivity index (χ1n) is 8.55. The number of Topliss-reactive ketones (excluding diaryl/α,β-unsaturated/α-hetero) is 1. The van der Waals surface area contributed by atoms with Crippen LogP contribution >= 0.6 is 11.8 Å². The monoisotopic (exact) mass is 393 g/mol. The Morgan fingerprint density at radius 3 is 2.67 bits per heavy atom. The van der Waals surface area contributed by atoms with Crippen LogP contribution in [0.25, 0.3) is 11.0 Å². The molecular formula is C19H21F2N3O2S. The van der Waals surface area contributed by atoms with E-state index in [9.17, 15) is 13.6 Å². The number of halogens is 2. The molecule has 0 saturated carbocycles. The van der Waals surface area contributed by atoms with Crippen molar-refractivity contribution in [3.05, 3.63) is 41.2 Å². The molecule has 0 atom stereocenters. The number of thioether (sulfide) groups is 1. The summed E-state index contributed by atoms with van der Waals surface area (Å²) in [5.74, 6) is 0.333. The van der Waals surface area contributed by atoms with E-state index >= 15 is 0 Å². The van der Waals surface area contributed by atoms with Gasteiger partial charge in [0.15, 0.2) is 10.9 Å². The number of nitrogens with zero attached hydrogens (tertiary/aromatic N) is 2. The van der Waals surface area contributed by atoms with Crippen LogP contribution in [0.1, 0.15) is 41.6 Å². The third kappa shape index (κ3) is 4.16. The van der Waals surface area contributed by atoms with E-state index in [1.165, 1.54) is 23.9 Å². The summed E-state index contributed by atoms with van der Waals surface area (Å²) < 4.78 is 31.2. The Morgan fingerprint density at radius 1 is 1.30 bits per heavy atom. The van der Waals surface area contributed by atoms with Crippen molar-refractivity contribution in [2.45, 2.75) is 45.5 Å². The van der Waals surface area contributed by atoms with Crippen LogP contribution < -0.4 is 4.74 Å². The van der Waals surface area contributed by atoms with Crippen LogP contribution in [0.2, 0.25) is 0 Å². The van der Waals surface area contributed by atoms with Gasteiger partial charge in [0, 0.05) is 29.1 Å². The summed E-state index contributed by atoms with van der Waals surface area (Å²) in [5, 5.41) is 0.560. The lowest BCUT2D eigenvalue weighted by Gasteiger charge is -2.13. The van der Waals surface area contributed by atoms with Crippen molar-refractivity contribution < 1.29 is 18.3 Å². The number of alkyl halides is 2. The zero-order valence-electron chi connectivity index (χ0n) is 15.5. The predicted octanol–water partition coefficient (Wildman–Crippen LogP) is 5.14. The third-order valence-corrected chi connectivity index (χ3v) is 5.17. The first-order valence-corrected chi connectivity index (χ1v) is 9.54. The van der Waals surface area contributed by atoms with E-state index in [-0.39, 0.29) is 17.3 Å². The SMILES string of the molecule is Cc1cc(C(=O)CSc2nc3ccc(OC(F)F)cc3[nH]2)c(C)n1C(C)C. The number of carbonyl (C=O) groups excluding carboxylic acids is 1. The summed E-state index contributed by atoms with van der Waals surface area (Å²) in [7, 11) is 0. The molecule has 3 rings (SSSR count). The Morgan fingerprint density at radius 2 is 2.04 bits per heavy atom. The minimum Gasteiger partial charge on any atom is -0.435 e. The van der Waals surface area contributed by atoms with Gasteiger partial charge in [0.05, 0.1) is 16.8 Å². The number of carbonyl (C=O) groups is 1. The molecule has 0 amide bonds. The second-order valence-corrected chi connectivity index (χ2v) is 7.52. The van der Waals surface area contributed by atoms with Crippen molar-refractivity contribution in [1.29, 1.82) is 0 Å². The molecular weight excluding hydrogens is 372 g/mol. The van der Waals surface area contributed by atoms with Gasteiger partial charge < -0.3 is 14.3 Å². The summed E-state index contributed by atoms with van der Waals surface area (Å²) in [6.45, 7) is 5.25. The molecule has 8 heteroatoms. The van der Waals surface area contributed by atoms with Crippen molar-refractivity contribution >= 4 is 28.6 Å². The highest BCUT2D eigenvalue weighted by atomic mass is 32.2. The maximum absolute atomic E-state index is 12.6. The fourth-order valence-electron chi connectivity index (χ4n) is 3.28. The number of imidazole rings is 1. The lowest BCUT2D eigenvalue weighted by atomic mass is 10.2. The molecule has 1 N–H and O–H groups in total. The molecule has 0 spiro atoms. The Kier molecular flexibility index (Phi) is 5.55. The van der Waals surface area contributed by atoms with E-state index < -0.39 is 6.61 Å². The largest absolute Gasteiger partial charge is 0.435 e. The van der Waals surface area contributed by atoms with Gasteiger partial charge in [0.25, 0.3) is 0 Å². The van der Waals surface area contributed by atoms with Crippen LogP contribution in [-0.2, 0) is 0 Å². The molecule has 0 saturated heterocycles. The standard InChI is InChI=1S/C19H21F2N3O2S/c1-10(2)24-11(3)7-14(12(24)4)17(25)9-27-19-22-15-6-5-13(26-18(20)21)8-16(15)23-19/h5-8,10,18H,9H2,1-4H3,(H,22,23). The lowest BCUT2D eigenvalue weighted by Crippen LogP contribution is -2.08. The highest BCUT2D eigenvalue weighted by Crippen LogP contribution is 2.26. The number of H-pyrrole nitrogens is 1. The molecule has 3 aromatic rings. The molecule has 5 nitrogen and oxygen atoms in total. The first-order chi connectivity index (χ1) is 12.8. The van der Waals surface area contributed by atoms with Gasteiger partial charge in [-0.1, -0.05) is 11.8 Å². The summed E-state index contributed by atoms with van der Waals surface area (Å²) in [6, 6.07) is 6.72. The smallest absolute Gasteiger partial charge is 0.387 e. The summed E-state index contributed by atoms with van der Waals surface area (Å²) in [6.07, 6.45) is 0. The average molecular weight is 393 g/mol. The lowest BCUT2D eigenvalue weighted by molar-refractivity contribution is -0.0497. The zero-order valence-corrected chi connectivity index (χ0v) is 16.4. The molecule has 0 aliphatic rings. The molecule has 0 aliphatic carbocycles. The summed E-state index contributed by atoms with van der Waals surface area (Å²) in [4.78, 5) is 20.1. The van der Waals surface area contributed by atoms with E-state index in [1.54, 1.807) is 6.07 Å². The molecule has 1 aromatic carbocycles. The van der Waals surface area contributed by atoms with E-state index in [2.05, 4.69) is 33.1 Å². The van der Waals surface area contributed by atoms with Crippen LogP contribution in [0.3, 0.4) is 0 Å². The van der Waals surface area contributed by atoms with Gasteiger partial charge in [0.1, 0.15) is 5.75 Å². The number of aromatic nitrogens is 3. The third-order valence-electron chi connectivity index (χ3n) is 4.30. The van der Waals surface area contributed by atoms with Crippen molar-refractivity contribution in [3.63, 3.8) is 0 Å². The first kappa shape index (κ1) is 19.4. The van der Waals surface area contributed by atoms with E-state index in [4.69, 9.17) is 0 Å². The van der Waals surface area contributed by atoms with Gasteiger partial charge in [-0.3, -0.25) is 4.79 Å². The highest BCUT2D eigenvalue weighted by molar-refractivity contribution is 7.99. The van der Waals surface area contributed by atoms with Gasteiger partial charge >= 0.3 is 6.61 Å². The van der Waals surface area contributed by atoms with Gasteiger partial charge in [-0.25, -0.2) is 4.98 Å². The van der Waals surface area contributed by atoms with Gasteiger partial charge in [-0.2, -0.15) is 8.78 Å². The van der Waals surface area contributed by atoms with Crippen molar-refractivity contribution in [2.75, 3.05) is 5.75 Å². The number of nitrogens with one attached hydrogen (secondary N) is 1. The zero-order chi connectivity index (χ0) is 19.7. The number of fused-ring (bicyclic) bond motifs is 1. The number of ketones is 1. The normalized spacial score (nSPS) is 11.7. The van der Waals surface area contributed by atoms with Crippen molar-refractivity contribution in [2.24, 2.45) is 0 Å². The van der Waals surface area contributed by atoms with E-state index in [0.717, 1.165) is 17.0 Å². The van der Waals surface area contributed by atoms with Gasteiger partial charge in [-0.15, -0.1) is 0 Å². The van der Waals surface area contributed by atoms with Crippen LogP contribution in [0, 0.1) is 13.8 Å². The number of hydrogen-bond acceptors (Lipinski definition) is 4. The highest BCUT2D eigenvalue weighted by Gasteiger charge is 2.18. The minimum absolute atomic E-state index is 0.0298. The average Bonchev–Trinajstić information content (AvgIpc) is 3.11. The summed E-state index contributed by atoms with van der Waals surface area (Å²) >= 11 is 1.29. The van der Waals surface area contributed by atoms with Crippen LogP contribution in [0.5, 0.6) is 5.75 Å². The van der Waals surface area contributed by atoms with Crippen LogP contribution in [0.4, 0.5) is 8.78 Å².